The number of nitro groups is 1. The number of nitrogens with zero attached hydrogens (tertiary/aromatic N) is 2. The first kappa shape index (κ1) is 12.5. The molecule has 2 aromatic carbocycles. The van der Waals surface area contributed by atoms with E-state index in [0.717, 1.165) is 0 Å². The van der Waals surface area contributed by atoms with E-state index in [2.05, 4.69) is 4.98 Å². The van der Waals surface area contributed by atoms with Crippen LogP contribution in [0.15, 0.2) is 57.7 Å². The van der Waals surface area contributed by atoms with Crippen molar-refractivity contribution in [3.8, 4) is 11.5 Å². The van der Waals surface area contributed by atoms with Gasteiger partial charge in [-0.05, 0) is 6.07 Å². The molecule has 6 heteroatoms. The van der Waals surface area contributed by atoms with E-state index < -0.39 is 4.92 Å². The topological polar surface area (TPSA) is 86.2 Å². The normalized spacial score (nSPS) is 11.3. The highest BCUT2D eigenvalue weighted by Gasteiger charge is 2.16. The Balaban J connectivity index is 2.16. The Hall–Kier alpha value is -3.28. The van der Waals surface area contributed by atoms with Gasteiger partial charge in [-0.15, -0.1) is 0 Å². The van der Waals surface area contributed by atoms with E-state index >= 15 is 0 Å². The van der Waals surface area contributed by atoms with Gasteiger partial charge < -0.3 is 4.42 Å². The van der Waals surface area contributed by atoms with Gasteiger partial charge in [0.25, 0.3) is 5.69 Å². The minimum absolute atomic E-state index is 0.0828. The van der Waals surface area contributed by atoms with Crippen LogP contribution in [-0.2, 0) is 0 Å². The zero-order valence-corrected chi connectivity index (χ0v) is 11.1. The lowest BCUT2D eigenvalue weighted by Gasteiger charge is -2.08. The van der Waals surface area contributed by atoms with Gasteiger partial charge in [0.15, 0.2) is 16.8 Å². The highest BCUT2D eigenvalue weighted by atomic mass is 16.6. The Labute approximate surface area is 123 Å². The van der Waals surface area contributed by atoms with E-state index in [1.807, 2.05) is 6.07 Å². The van der Waals surface area contributed by atoms with Gasteiger partial charge in [-0.3, -0.25) is 14.9 Å². The SMILES string of the molecule is O=c1cc2oc3cc([N+](=O)[O-])ccc3nc-2c2ccccc12. The van der Waals surface area contributed by atoms with Crippen LogP contribution in [0.2, 0.25) is 0 Å². The fraction of sp³-hybridized carbons (Fsp3) is 0. The van der Waals surface area contributed by atoms with Crippen molar-refractivity contribution in [1.29, 1.82) is 0 Å². The van der Waals surface area contributed by atoms with Crippen molar-refractivity contribution in [2.75, 3.05) is 0 Å². The number of aromatic nitrogens is 1. The molecule has 2 aromatic rings. The summed E-state index contributed by atoms with van der Waals surface area (Å²) in [6.45, 7) is 0. The van der Waals surface area contributed by atoms with E-state index in [1.165, 1.54) is 24.3 Å². The number of rotatable bonds is 1. The summed E-state index contributed by atoms with van der Waals surface area (Å²) in [5.41, 5.74) is 1.09. The minimum atomic E-state index is -0.501. The molecule has 0 atom stereocenters. The van der Waals surface area contributed by atoms with Gasteiger partial charge >= 0.3 is 0 Å². The fourth-order valence-electron chi connectivity index (χ4n) is 2.52. The lowest BCUT2D eigenvalue weighted by atomic mass is 10.0. The van der Waals surface area contributed by atoms with E-state index in [-0.39, 0.29) is 16.7 Å². The molecule has 1 aliphatic heterocycles. The number of nitro benzene ring substituents is 1. The van der Waals surface area contributed by atoms with Crippen molar-refractivity contribution in [1.82, 2.24) is 4.98 Å². The average Bonchev–Trinajstić information content (AvgIpc) is 2.53. The summed E-state index contributed by atoms with van der Waals surface area (Å²) in [6.07, 6.45) is 0. The molecule has 0 saturated heterocycles. The maximum atomic E-state index is 12.1. The van der Waals surface area contributed by atoms with E-state index in [9.17, 15) is 14.9 Å². The molecule has 106 valence electrons. The summed E-state index contributed by atoms with van der Waals surface area (Å²) in [5, 5.41) is 12.1. The van der Waals surface area contributed by atoms with Crippen LogP contribution in [0.4, 0.5) is 5.69 Å². The predicted molar refractivity (Wildman–Crippen MR) is 81.1 cm³/mol. The third-order valence-electron chi connectivity index (χ3n) is 3.55. The van der Waals surface area contributed by atoms with Crippen LogP contribution in [-0.4, -0.2) is 9.91 Å². The van der Waals surface area contributed by atoms with Crippen molar-refractivity contribution in [3.63, 3.8) is 0 Å². The molecule has 0 spiro atoms. The monoisotopic (exact) mass is 292 g/mol. The first-order chi connectivity index (χ1) is 10.6. The number of fused-ring (bicyclic) bond motifs is 4. The van der Waals surface area contributed by atoms with Crippen molar-refractivity contribution in [3.05, 3.63) is 68.9 Å². The van der Waals surface area contributed by atoms with Gasteiger partial charge in [0.2, 0.25) is 0 Å². The molecular formula is C16H8N2O4. The largest absolute Gasteiger partial charge is 0.452 e. The molecule has 6 nitrogen and oxygen atoms in total. The van der Waals surface area contributed by atoms with Crippen LogP contribution in [0, 0.1) is 10.1 Å². The number of hydrogen-bond acceptors (Lipinski definition) is 5. The second kappa shape index (κ2) is 4.36. The van der Waals surface area contributed by atoms with E-state index in [0.29, 0.717) is 27.7 Å². The lowest BCUT2D eigenvalue weighted by molar-refractivity contribution is -0.384. The first-order valence-electron chi connectivity index (χ1n) is 6.54. The molecule has 1 heterocycles. The molecule has 1 aliphatic carbocycles. The summed E-state index contributed by atoms with van der Waals surface area (Å²) in [4.78, 5) is 26.9. The quantitative estimate of drug-likeness (QED) is 0.232. The summed E-state index contributed by atoms with van der Waals surface area (Å²) in [6, 6.07) is 12.7. The number of hydrogen-bond donors (Lipinski definition) is 0. The molecule has 0 aromatic heterocycles. The third-order valence-corrected chi connectivity index (χ3v) is 3.55. The molecule has 0 bridgehead atoms. The van der Waals surface area contributed by atoms with Crippen LogP contribution >= 0.6 is 0 Å². The Bertz CT molecular complexity index is 1080. The van der Waals surface area contributed by atoms with Gasteiger partial charge in [0, 0.05) is 22.9 Å². The minimum Gasteiger partial charge on any atom is -0.452 e. The van der Waals surface area contributed by atoms with Crippen LogP contribution < -0.4 is 5.43 Å². The highest BCUT2D eigenvalue weighted by molar-refractivity contribution is 5.96. The molecule has 22 heavy (non-hydrogen) atoms. The average molecular weight is 292 g/mol. The van der Waals surface area contributed by atoms with Gasteiger partial charge in [0.05, 0.1) is 11.0 Å². The fourth-order valence-corrected chi connectivity index (χ4v) is 2.52. The second-order valence-corrected chi connectivity index (χ2v) is 4.89. The predicted octanol–water partition coefficient (Wildman–Crippen LogP) is 3.35. The molecule has 2 aliphatic rings. The van der Waals surface area contributed by atoms with E-state index in [1.54, 1.807) is 18.2 Å². The van der Waals surface area contributed by atoms with Crippen molar-refractivity contribution >= 4 is 27.6 Å². The first-order valence-corrected chi connectivity index (χ1v) is 6.54. The van der Waals surface area contributed by atoms with Crippen molar-refractivity contribution < 1.29 is 9.34 Å². The molecule has 0 amide bonds. The zero-order valence-electron chi connectivity index (χ0n) is 11.1. The Morgan fingerprint density at radius 1 is 1.05 bits per heavy atom. The number of non-ortho nitro benzene ring substituents is 1. The van der Waals surface area contributed by atoms with Crippen LogP contribution in [0.25, 0.3) is 33.3 Å². The van der Waals surface area contributed by atoms with Crippen LogP contribution in [0.3, 0.4) is 0 Å². The molecule has 0 saturated carbocycles. The van der Waals surface area contributed by atoms with E-state index in [4.69, 9.17) is 4.42 Å². The van der Waals surface area contributed by atoms with Gasteiger partial charge in [-0.1, -0.05) is 24.3 Å². The smallest absolute Gasteiger partial charge is 0.273 e. The Morgan fingerprint density at radius 3 is 2.59 bits per heavy atom. The maximum Gasteiger partial charge on any atom is 0.273 e. The molecule has 0 fully saturated rings. The second-order valence-electron chi connectivity index (χ2n) is 4.89. The number of benzene rings is 3. The summed E-state index contributed by atoms with van der Waals surface area (Å²) in [5.74, 6) is 0.316. The summed E-state index contributed by atoms with van der Waals surface area (Å²) in [7, 11) is 0. The van der Waals surface area contributed by atoms with Gasteiger partial charge in [-0.25, -0.2) is 4.98 Å². The maximum absolute atomic E-state index is 12.1. The van der Waals surface area contributed by atoms with Crippen molar-refractivity contribution in [2.24, 2.45) is 0 Å². The zero-order chi connectivity index (χ0) is 15.3. The Kier molecular flexibility index (Phi) is 2.47. The molecule has 4 rings (SSSR count). The molecular weight excluding hydrogens is 284 g/mol. The molecule has 0 unspecified atom stereocenters. The van der Waals surface area contributed by atoms with Gasteiger partial charge in [-0.2, -0.15) is 0 Å². The Morgan fingerprint density at radius 2 is 1.82 bits per heavy atom. The van der Waals surface area contributed by atoms with Crippen molar-refractivity contribution in [2.45, 2.75) is 0 Å². The molecule has 0 radical (unpaired) electrons. The lowest BCUT2D eigenvalue weighted by Crippen LogP contribution is -2.03. The standard InChI is InChI=1S/C16H8N2O4/c19-13-8-15-16(11-4-2-1-3-10(11)13)17-12-6-5-9(18(20)21)7-14(12)22-15/h1-8H. The molecule has 0 N–H and O–H groups in total. The van der Waals surface area contributed by atoms with Gasteiger partial charge in [0.1, 0.15) is 11.2 Å². The summed E-state index contributed by atoms with van der Waals surface area (Å²) >= 11 is 0. The van der Waals surface area contributed by atoms with Crippen LogP contribution in [0.1, 0.15) is 0 Å². The third kappa shape index (κ3) is 1.74. The van der Waals surface area contributed by atoms with Crippen LogP contribution in [0.5, 0.6) is 0 Å². The highest BCUT2D eigenvalue weighted by Crippen LogP contribution is 2.31. The summed E-state index contributed by atoms with van der Waals surface area (Å²) < 4.78 is 5.66.